The molecule has 5 heteroatoms. The Kier molecular flexibility index (Phi) is 4.86. The van der Waals surface area contributed by atoms with Crippen LogP contribution in [-0.4, -0.2) is 29.9 Å². The quantitative estimate of drug-likeness (QED) is 0.574. The summed E-state index contributed by atoms with van der Waals surface area (Å²) >= 11 is 0. The monoisotopic (exact) mass is 242 g/mol. The minimum atomic E-state index is -1.23. The number of halogens is 1. The average Bonchev–Trinajstić information content (AvgIpc) is 2.29. The standard InChI is InChI=1S/C12H19FN2O2/c1-7-5-8(9(13)6-10(7)14)12(17)11(16)3-4-15-2/h5-6,11-12,15-17H,3-4,14H2,1-2H3. The molecule has 0 aliphatic heterocycles. The highest BCUT2D eigenvalue weighted by Gasteiger charge is 2.21. The van der Waals surface area contributed by atoms with Gasteiger partial charge in [0.25, 0.3) is 0 Å². The Morgan fingerprint density at radius 1 is 1.41 bits per heavy atom. The molecular formula is C12H19FN2O2. The summed E-state index contributed by atoms with van der Waals surface area (Å²) < 4.78 is 13.6. The van der Waals surface area contributed by atoms with Crippen LogP contribution >= 0.6 is 0 Å². The van der Waals surface area contributed by atoms with E-state index in [1.54, 1.807) is 14.0 Å². The summed E-state index contributed by atoms with van der Waals surface area (Å²) in [5, 5.41) is 22.4. The summed E-state index contributed by atoms with van der Waals surface area (Å²) in [7, 11) is 1.74. The van der Waals surface area contributed by atoms with E-state index in [1.165, 1.54) is 12.1 Å². The van der Waals surface area contributed by atoms with Gasteiger partial charge >= 0.3 is 0 Å². The highest BCUT2D eigenvalue weighted by molar-refractivity contribution is 5.48. The Morgan fingerprint density at radius 2 is 2.06 bits per heavy atom. The molecule has 0 spiro atoms. The number of anilines is 1. The van der Waals surface area contributed by atoms with E-state index in [1.807, 2.05) is 0 Å². The van der Waals surface area contributed by atoms with Gasteiger partial charge in [0.2, 0.25) is 0 Å². The van der Waals surface area contributed by atoms with E-state index >= 15 is 0 Å². The molecule has 0 radical (unpaired) electrons. The zero-order valence-corrected chi connectivity index (χ0v) is 10.1. The van der Waals surface area contributed by atoms with Gasteiger partial charge in [-0.3, -0.25) is 0 Å². The first-order valence-electron chi connectivity index (χ1n) is 5.53. The number of aliphatic hydroxyl groups is 2. The summed E-state index contributed by atoms with van der Waals surface area (Å²) in [6.07, 6.45) is -1.89. The van der Waals surface area contributed by atoms with Crippen molar-refractivity contribution in [1.82, 2.24) is 5.32 Å². The van der Waals surface area contributed by atoms with E-state index < -0.39 is 18.0 Å². The van der Waals surface area contributed by atoms with Crippen LogP contribution in [0.2, 0.25) is 0 Å². The molecule has 96 valence electrons. The molecule has 0 fully saturated rings. The second-order valence-corrected chi connectivity index (χ2v) is 4.13. The number of hydrogen-bond donors (Lipinski definition) is 4. The van der Waals surface area contributed by atoms with Gasteiger partial charge < -0.3 is 21.3 Å². The van der Waals surface area contributed by atoms with Crippen LogP contribution < -0.4 is 11.1 Å². The van der Waals surface area contributed by atoms with Crippen LogP contribution in [0.5, 0.6) is 0 Å². The van der Waals surface area contributed by atoms with E-state index in [0.29, 0.717) is 24.2 Å². The zero-order valence-electron chi connectivity index (χ0n) is 10.1. The number of nitrogens with two attached hydrogens (primary N) is 1. The third-order valence-electron chi connectivity index (χ3n) is 2.76. The Balaban J connectivity index is 2.88. The number of nitrogen functional groups attached to an aromatic ring is 1. The van der Waals surface area contributed by atoms with Crippen LogP contribution in [0.3, 0.4) is 0 Å². The number of benzene rings is 1. The molecule has 2 unspecified atom stereocenters. The van der Waals surface area contributed by atoms with Gasteiger partial charge in [-0.25, -0.2) is 4.39 Å². The molecular weight excluding hydrogens is 223 g/mol. The first-order chi connectivity index (χ1) is 7.97. The van der Waals surface area contributed by atoms with Gasteiger partial charge in [0.1, 0.15) is 11.9 Å². The molecule has 5 N–H and O–H groups in total. The number of hydrogen-bond acceptors (Lipinski definition) is 4. The van der Waals surface area contributed by atoms with Crippen molar-refractivity contribution in [3.8, 4) is 0 Å². The maximum atomic E-state index is 13.6. The lowest BCUT2D eigenvalue weighted by Crippen LogP contribution is -2.24. The highest BCUT2D eigenvalue weighted by Crippen LogP contribution is 2.25. The Hall–Kier alpha value is -1.17. The summed E-state index contributed by atoms with van der Waals surface area (Å²) in [6, 6.07) is 2.64. The molecule has 1 aromatic rings. The lowest BCUT2D eigenvalue weighted by atomic mass is 9.99. The fourth-order valence-electron chi connectivity index (χ4n) is 1.60. The van der Waals surface area contributed by atoms with Crippen molar-refractivity contribution in [1.29, 1.82) is 0 Å². The van der Waals surface area contributed by atoms with Crippen LogP contribution in [-0.2, 0) is 0 Å². The Bertz CT molecular complexity index is 385. The minimum absolute atomic E-state index is 0.0836. The van der Waals surface area contributed by atoms with Crippen molar-refractivity contribution in [2.75, 3.05) is 19.3 Å². The molecule has 0 aliphatic rings. The van der Waals surface area contributed by atoms with Gasteiger partial charge in [0.15, 0.2) is 0 Å². The zero-order chi connectivity index (χ0) is 13.0. The third-order valence-corrected chi connectivity index (χ3v) is 2.76. The van der Waals surface area contributed by atoms with Gasteiger partial charge in [-0.15, -0.1) is 0 Å². The van der Waals surface area contributed by atoms with E-state index in [4.69, 9.17) is 5.73 Å². The topological polar surface area (TPSA) is 78.5 Å². The summed E-state index contributed by atoms with van der Waals surface area (Å²) in [4.78, 5) is 0. The number of aryl methyl sites for hydroxylation is 1. The van der Waals surface area contributed by atoms with Crippen LogP contribution in [0.25, 0.3) is 0 Å². The smallest absolute Gasteiger partial charge is 0.131 e. The molecule has 1 aromatic carbocycles. The largest absolute Gasteiger partial charge is 0.398 e. The first-order valence-corrected chi connectivity index (χ1v) is 5.53. The molecule has 0 bridgehead atoms. The molecule has 0 heterocycles. The molecule has 0 amide bonds. The third kappa shape index (κ3) is 3.39. The normalized spacial score (nSPS) is 14.6. The lowest BCUT2D eigenvalue weighted by molar-refractivity contribution is 0.0120. The van der Waals surface area contributed by atoms with Crippen molar-refractivity contribution in [3.05, 3.63) is 29.1 Å². The van der Waals surface area contributed by atoms with E-state index in [0.717, 1.165) is 0 Å². The summed E-state index contributed by atoms with van der Waals surface area (Å²) in [5.41, 5.74) is 6.65. The van der Waals surface area contributed by atoms with E-state index in [2.05, 4.69) is 5.32 Å². The maximum absolute atomic E-state index is 13.6. The van der Waals surface area contributed by atoms with Crippen LogP contribution in [0.4, 0.5) is 10.1 Å². The van der Waals surface area contributed by atoms with Crippen molar-refractivity contribution < 1.29 is 14.6 Å². The maximum Gasteiger partial charge on any atom is 0.131 e. The van der Waals surface area contributed by atoms with Crippen LogP contribution in [0.15, 0.2) is 12.1 Å². The number of nitrogens with one attached hydrogen (secondary N) is 1. The number of rotatable bonds is 5. The van der Waals surface area contributed by atoms with Gasteiger partial charge in [-0.2, -0.15) is 0 Å². The summed E-state index contributed by atoms with van der Waals surface area (Å²) in [5.74, 6) is -0.593. The molecule has 17 heavy (non-hydrogen) atoms. The molecule has 4 nitrogen and oxygen atoms in total. The highest BCUT2D eigenvalue weighted by atomic mass is 19.1. The van der Waals surface area contributed by atoms with Crippen molar-refractivity contribution in [2.24, 2.45) is 0 Å². The van der Waals surface area contributed by atoms with Crippen molar-refractivity contribution in [2.45, 2.75) is 25.6 Å². The van der Waals surface area contributed by atoms with Crippen LogP contribution in [0.1, 0.15) is 23.7 Å². The first kappa shape index (κ1) is 13.9. The fourth-order valence-corrected chi connectivity index (χ4v) is 1.60. The Labute approximate surface area is 100 Å². The minimum Gasteiger partial charge on any atom is -0.398 e. The number of aliphatic hydroxyl groups excluding tert-OH is 2. The van der Waals surface area contributed by atoms with E-state index in [9.17, 15) is 14.6 Å². The lowest BCUT2D eigenvalue weighted by Gasteiger charge is -2.19. The second-order valence-electron chi connectivity index (χ2n) is 4.13. The molecule has 1 rings (SSSR count). The SMILES string of the molecule is CNCCC(O)C(O)c1cc(C)c(N)cc1F. The van der Waals surface area contributed by atoms with Gasteiger partial charge in [0.05, 0.1) is 6.10 Å². The van der Waals surface area contributed by atoms with Gasteiger partial charge in [-0.1, -0.05) is 0 Å². The molecule has 0 aliphatic carbocycles. The van der Waals surface area contributed by atoms with Gasteiger partial charge in [-0.05, 0) is 44.6 Å². The van der Waals surface area contributed by atoms with Crippen molar-refractivity contribution in [3.63, 3.8) is 0 Å². The fraction of sp³-hybridized carbons (Fsp3) is 0.500. The van der Waals surface area contributed by atoms with Crippen molar-refractivity contribution >= 4 is 5.69 Å². The van der Waals surface area contributed by atoms with Crippen LogP contribution in [0, 0.1) is 12.7 Å². The molecule has 0 saturated carbocycles. The predicted molar refractivity (Wildman–Crippen MR) is 65.1 cm³/mol. The predicted octanol–water partition coefficient (Wildman–Crippen LogP) is 0.720. The summed E-state index contributed by atoms with van der Waals surface area (Å²) in [6.45, 7) is 2.28. The molecule has 0 aromatic heterocycles. The van der Waals surface area contributed by atoms with E-state index in [-0.39, 0.29) is 5.56 Å². The average molecular weight is 242 g/mol. The molecule has 2 atom stereocenters. The van der Waals surface area contributed by atoms with Gasteiger partial charge in [0, 0.05) is 11.3 Å². The Morgan fingerprint density at radius 3 is 2.65 bits per heavy atom. The second kappa shape index (κ2) is 5.95. The molecule has 0 saturated heterocycles.